The van der Waals surface area contributed by atoms with Gasteiger partial charge in [-0.2, -0.15) is 0 Å². The Morgan fingerprint density at radius 2 is 2.00 bits per heavy atom. The number of carbonyl (C=O) groups excluding carboxylic acids is 3. The van der Waals surface area contributed by atoms with Crippen LogP contribution in [0.15, 0.2) is 56.1 Å². The molecule has 0 radical (unpaired) electrons. The van der Waals surface area contributed by atoms with Gasteiger partial charge >= 0.3 is 5.76 Å². The van der Waals surface area contributed by atoms with E-state index in [1.165, 1.54) is 11.1 Å². The highest BCUT2D eigenvalue weighted by atomic mass is 16.5. The molecule has 3 aliphatic rings. The molecule has 2 atom stereocenters. The zero-order chi connectivity index (χ0) is 26.1. The number of fused-ring (bicyclic) bond motifs is 2. The van der Waals surface area contributed by atoms with Gasteiger partial charge in [-0.3, -0.25) is 24.4 Å². The van der Waals surface area contributed by atoms with Crippen LogP contribution in [0.1, 0.15) is 19.4 Å². The molecule has 0 aliphatic carbocycles. The number of ether oxygens (including phenoxy) is 1. The maximum absolute atomic E-state index is 13.2. The van der Waals surface area contributed by atoms with Crippen LogP contribution in [0.25, 0.3) is 11.1 Å². The van der Waals surface area contributed by atoms with E-state index in [9.17, 15) is 19.2 Å². The number of aliphatic imine (C=N–C) groups is 1. The molecule has 3 amide bonds. The van der Waals surface area contributed by atoms with E-state index in [2.05, 4.69) is 26.0 Å². The number of aromatic nitrogens is 1. The average molecular weight is 510 g/mol. The number of carbonyl (C=O) groups is 3. The third-order valence-corrected chi connectivity index (χ3v) is 6.15. The lowest BCUT2D eigenvalue weighted by Crippen LogP contribution is -2.52. The Kier molecular flexibility index (Phi) is 6.63. The van der Waals surface area contributed by atoms with Crippen LogP contribution in [0.4, 0.5) is 0 Å². The van der Waals surface area contributed by atoms with E-state index in [4.69, 9.17) is 9.15 Å². The van der Waals surface area contributed by atoms with Gasteiger partial charge in [-0.05, 0) is 37.6 Å². The molecule has 13 nitrogen and oxygen atoms in total. The predicted octanol–water partition coefficient (Wildman–Crippen LogP) is -0.511. The van der Waals surface area contributed by atoms with Gasteiger partial charge in [0.2, 0.25) is 5.91 Å². The molecule has 3 aliphatic heterocycles. The summed E-state index contributed by atoms with van der Waals surface area (Å²) < 4.78 is 10.3. The number of hydrogen-bond donors (Lipinski definition) is 4. The third kappa shape index (κ3) is 5.17. The Morgan fingerprint density at radius 3 is 2.78 bits per heavy atom. The number of H-pyrrole nitrogens is 1. The number of benzene rings is 1. The SMILES string of the molecule is CC1C=C2N=C(C(=O)NCc3ccc4oc(=O)[nH]c4c3)C=C(C(=O)N[C@@H](C)C(=O)N3CCOCC3)N2N1. The third-order valence-electron chi connectivity index (χ3n) is 6.15. The van der Waals surface area contributed by atoms with Crippen molar-refractivity contribution in [2.75, 3.05) is 26.3 Å². The van der Waals surface area contributed by atoms with E-state index in [0.29, 0.717) is 43.2 Å². The molecule has 1 aromatic heterocycles. The molecule has 1 aromatic carbocycles. The van der Waals surface area contributed by atoms with Crippen molar-refractivity contribution >= 4 is 34.5 Å². The monoisotopic (exact) mass is 509 g/mol. The first-order valence-corrected chi connectivity index (χ1v) is 11.9. The van der Waals surface area contributed by atoms with Crippen molar-refractivity contribution in [1.82, 2.24) is 31.0 Å². The van der Waals surface area contributed by atoms with Gasteiger partial charge in [0.05, 0.1) is 18.7 Å². The van der Waals surface area contributed by atoms with E-state index < -0.39 is 23.6 Å². The van der Waals surface area contributed by atoms with Crippen LogP contribution in [0.2, 0.25) is 0 Å². The van der Waals surface area contributed by atoms with E-state index in [0.717, 1.165) is 5.56 Å². The lowest BCUT2D eigenvalue weighted by atomic mass is 10.1. The summed E-state index contributed by atoms with van der Waals surface area (Å²) in [6.45, 7) is 5.55. The minimum absolute atomic E-state index is 0.0495. The molecule has 37 heavy (non-hydrogen) atoms. The van der Waals surface area contributed by atoms with Crippen molar-refractivity contribution in [3.8, 4) is 0 Å². The first-order chi connectivity index (χ1) is 17.8. The fourth-order valence-electron chi connectivity index (χ4n) is 4.29. The molecule has 4 N–H and O–H groups in total. The van der Waals surface area contributed by atoms with Crippen LogP contribution >= 0.6 is 0 Å². The fourth-order valence-corrected chi connectivity index (χ4v) is 4.29. The van der Waals surface area contributed by atoms with Gasteiger partial charge in [-0.1, -0.05) is 6.07 Å². The van der Waals surface area contributed by atoms with Crippen LogP contribution < -0.4 is 21.8 Å². The van der Waals surface area contributed by atoms with E-state index >= 15 is 0 Å². The quantitative estimate of drug-likeness (QED) is 0.405. The zero-order valence-corrected chi connectivity index (χ0v) is 20.4. The van der Waals surface area contributed by atoms with Crippen LogP contribution in [0.5, 0.6) is 0 Å². The summed E-state index contributed by atoms with van der Waals surface area (Å²) in [7, 11) is 0. The largest absolute Gasteiger partial charge is 0.417 e. The Balaban J connectivity index is 1.29. The zero-order valence-electron chi connectivity index (χ0n) is 20.4. The molecule has 0 bridgehead atoms. The van der Waals surface area contributed by atoms with E-state index in [1.54, 1.807) is 36.1 Å². The Morgan fingerprint density at radius 1 is 1.22 bits per heavy atom. The number of amides is 3. The second kappa shape index (κ2) is 10.0. The summed E-state index contributed by atoms with van der Waals surface area (Å²) in [5.74, 6) is -1.34. The molecule has 2 aromatic rings. The average Bonchev–Trinajstić information content (AvgIpc) is 3.46. The number of morpholine rings is 1. The number of oxazole rings is 1. The molecule has 4 heterocycles. The molecule has 0 spiro atoms. The molecule has 0 saturated carbocycles. The van der Waals surface area contributed by atoms with E-state index in [1.807, 2.05) is 6.92 Å². The van der Waals surface area contributed by atoms with Gasteiger partial charge in [-0.25, -0.2) is 15.2 Å². The minimum Gasteiger partial charge on any atom is -0.408 e. The van der Waals surface area contributed by atoms with Gasteiger partial charge in [0.1, 0.15) is 23.3 Å². The van der Waals surface area contributed by atoms with Crippen LogP contribution in [0.3, 0.4) is 0 Å². The molecule has 5 rings (SSSR count). The smallest absolute Gasteiger partial charge is 0.408 e. The van der Waals surface area contributed by atoms with Gasteiger partial charge in [-0.15, -0.1) is 0 Å². The highest BCUT2D eigenvalue weighted by Crippen LogP contribution is 2.24. The summed E-state index contributed by atoms with van der Waals surface area (Å²) in [5, 5.41) is 7.03. The van der Waals surface area contributed by atoms with Crippen LogP contribution in [-0.2, 0) is 25.7 Å². The standard InChI is InChI=1S/C24H27N7O6/c1-13-9-20-27-17(21(32)25-12-15-3-4-19-16(10-15)28-24(35)37-19)11-18(31(20)29-13)22(33)26-14(2)23(34)30-5-7-36-8-6-30/h3-4,9-11,13-14,29H,5-8,12H2,1-2H3,(H,25,32)(H,26,33)(H,28,35)/t13?,14-/m0/s1. The number of hydrogen-bond acceptors (Lipinski definition) is 9. The predicted molar refractivity (Wildman–Crippen MR) is 132 cm³/mol. The molecule has 13 heteroatoms. The summed E-state index contributed by atoms with van der Waals surface area (Å²) in [5.41, 5.74) is 5.00. The lowest BCUT2D eigenvalue weighted by Gasteiger charge is -2.31. The maximum Gasteiger partial charge on any atom is 0.417 e. The van der Waals surface area contributed by atoms with Crippen molar-refractivity contribution in [2.45, 2.75) is 32.5 Å². The fraction of sp³-hybridized carbons (Fsp3) is 0.375. The normalized spacial score (nSPS) is 20.1. The number of nitrogens with one attached hydrogen (secondary N) is 4. The number of nitrogens with zero attached hydrogens (tertiary/aromatic N) is 3. The topological polar surface area (TPSA) is 161 Å². The first kappa shape index (κ1) is 24.5. The second-order valence-electron chi connectivity index (χ2n) is 8.97. The number of rotatable bonds is 6. The van der Waals surface area contributed by atoms with Crippen molar-refractivity contribution in [2.24, 2.45) is 4.99 Å². The number of aromatic amines is 1. The summed E-state index contributed by atoms with van der Waals surface area (Å²) >= 11 is 0. The highest BCUT2D eigenvalue weighted by molar-refractivity contribution is 6.44. The van der Waals surface area contributed by atoms with Crippen LogP contribution in [0, 0.1) is 0 Å². The Labute approximate surface area is 211 Å². The van der Waals surface area contributed by atoms with Gasteiger partial charge < -0.3 is 24.7 Å². The maximum atomic E-state index is 13.2. The molecule has 1 fully saturated rings. The molecular formula is C24H27N7O6. The van der Waals surface area contributed by atoms with Crippen molar-refractivity contribution in [3.63, 3.8) is 0 Å². The summed E-state index contributed by atoms with van der Waals surface area (Å²) in [4.78, 5) is 58.9. The molecule has 1 unspecified atom stereocenters. The van der Waals surface area contributed by atoms with E-state index in [-0.39, 0.29) is 29.9 Å². The van der Waals surface area contributed by atoms with Gasteiger partial charge in [0.15, 0.2) is 5.58 Å². The van der Waals surface area contributed by atoms with Crippen molar-refractivity contribution < 1.29 is 23.5 Å². The highest BCUT2D eigenvalue weighted by Gasteiger charge is 2.34. The second-order valence-corrected chi connectivity index (χ2v) is 8.97. The summed E-state index contributed by atoms with van der Waals surface area (Å²) in [6, 6.07) is 4.20. The summed E-state index contributed by atoms with van der Waals surface area (Å²) in [6.07, 6.45) is 3.18. The Bertz CT molecular complexity index is 1400. The van der Waals surface area contributed by atoms with Gasteiger partial charge in [0.25, 0.3) is 11.8 Å². The van der Waals surface area contributed by atoms with Crippen LogP contribution in [-0.4, -0.2) is 76.7 Å². The minimum atomic E-state index is -0.764. The first-order valence-electron chi connectivity index (χ1n) is 11.9. The van der Waals surface area contributed by atoms with Crippen molar-refractivity contribution in [1.29, 1.82) is 0 Å². The Hall–Kier alpha value is -4.23. The molecule has 1 saturated heterocycles. The molecular weight excluding hydrogens is 482 g/mol. The molecule has 194 valence electrons. The van der Waals surface area contributed by atoms with Crippen molar-refractivity contribution in [3.05, 3.63) is 58.0 Å². The van der Waals surface area contributed by atoms with Gasteiger partial charge in [0, 0.05) is 31.8 Å². The number of hydrazine groups is 1. The lowest BCUT2D eigenvalue weighted by molar-refractivity contribution is -0.139.